The Morgan fingerprint density at radius 3 is 2.79 bits per heavy atom. The fraction of sp³-hybridized carbons (Fsp3) is 0.400. The maximum absolute atomic E-state index is 9.27. The average molecular weight is 195 g/mol. The quantitative estimate of drug-likeness (QED) is 0.763. The minimum atomic E-state index is -0.0416. The molecule has 1 aliphatic heterocycles. The highest BCUT2D eigenvalue weighted by atomic mass is 16.7. The fourth-order valence-corrected chi connectivity index (χ4v) is 1.59. The molecule has 2 rings (SSSR count). The van der Waals surface area contributed by atoms with Gasteiger partial charge >= 0.3 is 0 Å². The molecule has 0 unspecified atom stereocenters. The smallest absolute Gasteiger partial charge is 0.231 e. The summed E-state index contributed by atoms with van der Waals surface area (Å²) in [5, 5.41) is 9.27. The van der Waals surface area contributed by atoms with Crippen LogP contribution in [0.15, 0.2) is 12.1 Å². The Morgan fingerprint density at radius 2 is 2.14 bits per heavy atom. The molecule has 1 aromatic carbocycles. The Kier molecular flexibility index (Phi) is 2.21. The number of nitrogens with zero attached hydrogens (tertiary/aromatic N) is 1. The second-order valence-electron chi connectivity index (χ2n) is 3.35. The molecule has 0 aromatic heterocycles. The van der Waals surface area contributed by atoms with Crippen molar-refractivity contribution in [2.45, 2.75) is 6.61 Å². The van der Waals surface area contributed by atoms with Gasteiger partial charge in [-0.2, -0.15) is 0 Å². The van der Waals surface area contributed by atoms with Gasteiger partial charge < -0.3 is 19.5 Å². The van der Waals surface area contributed by atoms with Crippen molar-refractivity contribution in [1.82, 2.24) is 0 Å². The molecule has 14 heavy (non-hydrogen) atoms. The van der Waals surface area contributed by atoms with E-state index in [1.165, 1.54) is 0 Å². The average Bonchev–Trinajstić information content (AvgIpc) is 2.63. The third-order valence-corrected chi connectivity index (χ3v) is 2.26. The van der Waals surface area contributed by atoms with Crippen LogP contribution < -0.4 is 14.4 Å². The Morgan fingerprint density at radius 1 is 1.36 bits per heavy atom. The van der Waals surface area contributed by atoms with Crippen molar-refractivity contribution in [3.05, 3.63) is 17.7 Å². The molecule has 0 atom stereocenters. The van der Waals surface area contributed by atoms with Crippen molar-refractivity contribution in [1.29, 1.82) is 0 Å². The number of ether oxygens (including phenoxy) is 2. The monoisotopic (exact) mass is 195 g/mol. The Balaban J connectivity index is 2.54. The van der Waals surface area contributed by atoms with Gasteiger partial charge in [0.25, 0.3) is 0 Å². The molecule has 0 fully saturated rings. The van der Waals surface area contributed by atoms with Crippen molar-refractivity contribution in [2.75, 3.05) is 25.8 Å². The number of fused-ring (bicyclic) bond motifs is 1. The number of aliphatic hydroxyl groups excluding tert-OH is 1. The lowest BCUT2D eigenvalue weighted by Gasteiger charge is -2.17. The summed E-state index contributed by atoms with van der Waals surface area (Å²) in [5.74, 6) is 1.37. The maximum atomic E-state index is 9.27. The Hall–Kier alpha value is -1.42. The van der Waals surface area contributed by atoms with Gasteiger partial charge in [-0.05, 0) is 12.1 Å². The first kappa shape index (κ1) is 9.15. The fourth-order valence-electron chi connectivity index (χ4n) is 1.59. The van der Waals surface area contributed by atoms with E-state index in [0.717, 1.165) is 11.3 Å². The van der Waals surface area contributed by atoms with E-state index in [9.17, 15) is 5.11 Å². The summed E-state index contributed by atoms with van der Waals surface area (Å²) in [5.41, 5.74) is 1.74. The number of hydrogen-bond acceptors (Lipinski definition) is 4. The summed E-state index contributed by atoms with van der Waals surface area (Å²) >= 11 is 0. The van der Waals surface area contributed by atoms with Crippen LogP contribution in [0.3, 0.4) is 0 Å². The number of rotatable bonds is 2. The SMILES string of the molecule is CN(C)c1ccc2c(c1CO)OCO2. The summed E-state index contributed by atoms with van der Waals surface area (Å²) in [6, 6.07) is 3.77. The molecule has 4 nitrogen and oxygen atoms in total. The van der Waals surface area contributed by atoms with E-state index < -0.39 is 0 Å². The molecule has 4 heteroatoms. The van der Waals surface area contributed by atoms with Gasteiger partial charge in [-0.3, -0.25) is 0 Å². The molecule has 0 aliphatic carbocycles. The van der Waals surface area contributed by atoms with Gasteiger partial charge in [-0.15, -0.1) is 0 Å². The van der Waals surface area contributed by atoms with Gasteiger partial charge in [0.2, 0.25) is 6.79 Å². The molecule has 1 N–H and O–H groups in total. The predicted molar refractivity (Wildman–Crippen MR) is 52.8 cm³/mol. The molecule has 1 aromatic rings. The summed E-state index contributed by atoms with van der Waals surface area (Å²) in [6.45, 7) is 0.194. The van der Waals surface area contributed by atoms with Crippen LogP contribution in [0, 0.1) is 0 Å². The Labute approximate surface area is 82.7 Å². The van der Waals surface area contributed by atoms with Gasteiger partial charge in [0.05, 0.1) is 6.61 Å². The highest BCUT2D eigenvalue weighted by Gasteiger charge is 2.20. The second-order valence-corrected chi connectivity index (χ2v) is 3.35. The molecule has 76 valence electrons. The largest absolute Gasteiger partial charge is 0.454 e. The minimum absolute atomic E-state index is 0.0416. The van der Waals surface area contributed by atoms with Crippen LogP contribution in [0.25, 0.3) is 0 Å². The summed E-state index contributed by atoms with van der Waals surface area (Å²) in [4.78, 5) is 1.94. The Bertz CT molecular complexity index is 349. The number of benzene rings is 1. The van der Waals surface area contributed by atoms with Crippen molar-refractivity contribution < 1.29 is 14.6 Å². The van der Waals surface area contributed by atoms with E-state index in [1.807, 2.05) is 31.1 Å². The van der Waals surface area contributed by atoms with Crippen molar-refractivity contribution in [3.8, 4) is 11.5 Å². The van der Waals surface area contributed by atoms with Crippen LogP contribution in [0.1, 0.15) is 5.56 Å². The third kappa shape index (κ3) is 1.28. The highest BCUT2D eigenvalue weighted by Crippen LogP contribution is 2.40. The number of anilines is 1. The van der Waals surface area contributed by atoms with Crippen LogP contribution in [0.2, 0.25) is 0 Å². The van der Waals surface area contributed by atoms with E-state index in [2.05, 4.69) is 0 Å². The van der Waals surface area contributed by atoms with Gasteiger partial charge in [0.1, 0.15) is 0 Å². The molecule has 0 amide bonds. The van der Waals surface area contributed by atoms with Crippen molar-refractivity contribution >= 4 is 5.69 Å². The summed E-state index contributed by atoms with van der Waals surface area (Å²) < 4.78 is 10.5. The molecule has 1 heterocycles. The van der Waals surface area contributed by atoms with Crippen molar-refractivity contribution in [3.63, 3.8) is 0 Å². The van der Waals surface area contributed by atoms with E-state index in [0.29, 0.717) is 11.5 Å². The van der Waals surface area contributed by atoms with Crippen LogP contribution in [-0.2, 0) is 6.61 Å². The summed E-state index contributed by atoms with van der Waals surface area (Å²) in [7, 11) is 3.85. The van der Waals surface area contributed by atoms with Crippen LogP contribution in [0.4, 0.5) is 5.69 Å². The van der Waals surface area contributed by atoms with Gasteiger partial charge in [0.15, 0.2) is 11.5 Å². The number of aliphatic hydroxyl groups is 1. The zero-order valence-corrected chi connectivity index (χ0v) is 8.28. The zero-order valence-electron chi connectivity index (χ0n) is 8.28. The molecular weight excluding hydrogens is 182 g/mol. The maximum Gasteiger partial charge on any atom is 0.231 e. The number of hydrogen-bond donors (Lipinski definition) is 1. The van der Waals surface area contributed by atoms with E-state index in [1.54, 1.807) is 0 Å². The standard InChI is InChI=1S/C10H13NO3/c1-11(2)8-3-4-9-10(7(8)5-12)14-6-13-9/h3-4,12H,5-6H2,1-2H3. The zero-order chi connectivity index (χ0) is 10.1. The lowest BCUT2D eigenvalue weighted by atomic mass is 10.1. The molecule has 0 bridgehead atoms. The van der Waals surface area contributed by atoms with Gasteiger partial charge in [0, 0.05) is 25.3 Å². The third-order valence-electron chi connectivity index (χ3n) is 2.26. The topological polar surface area (TPSA) is 41.9 Å². The minimum Gasteiger partial charge on any atom is -0.454 e. The van der Waals surface area contributed by atoms with E-state index in [4.69, 9.17) is 9.47 Å². The van der Waals surface area contributed by atoms with Crippen LogP contribution in [0.5, 0.6) is 11.5 Å². The highest BCUT2D eigenvalue weighted by molar-refractivity contribution is 5.64. The molecule has 0 radical (unpaired) electrons. The van der Waals surface area contributed by atoms with Crippen LogP contribution in [-0.4, -0.2) is 26.0 Å². The lowest BCUT2D eigenvalue weighted by Crippen LogP contribution is -2.11. The normalized spacial score (nSPS) is 13.1. The van der Waals surface area contributed by atoms with Crippen molar-refractivity contribution in [2.24, 2.45) is 0 Å². The first-order chi connectivity index (χ1) is 6.74. The molecule has 0 spiro atoms. The molecule has 1 aliphatic rings. The van der Waals surface area contributed by atoms with E-state index >= 15 is 0 Å². The molecular formula is C10H13NO3. The second kappa shape index (κ2) is 3.38. The lowest BCUT2D eigenvalue weighted by molar-refractivity contribution is 0.171. The predicted octanol–water partition coefficient (Wildman–Crippen LogP) is 0.974. The summed E-state index contributed by atoms with van der Waals surface area (Å²) in [6.07, 6.45) is 0. The van der Waals surface area contributed by atoms with Gasteiger partial charge in [-0.1, -0.05) is 0 Å². The van der Waals surface area contributed by atoms with E-state index in [-0.39, 0.29) is 13.4 Å². The molecule has 0 saturated carbocycles. The van der Waals surface area contributed by atoms with Gasteiger partial charge in [-0.25, -0.2) is 0 Å². The first-order valence-corrected chi connectivity index (χ1v) is 4.43. The first-order valence-electron chi connectivity index (χ1n) is 4.43. The molecule has 0 saturated heterocycles. The van der Waals surface area contributed by atoms with Crippen LogP contribution >= 0.6 is 0 Å².